The molecule has 7 heteroatoms. The summed E-state index contributed by atoms with van der Waals surface area (Å²) in [4.78, 5) is 37.4. The third-order valence-corrected chi connectivity index (χ3v) is 3.97. The molecule has 0 aliphatic carbocycles. The van der Waals surface area contributed by atoms with Gasteiger partial charge in [-0.3, -0.25) is 9.59 Å². The topological polar surface area (TPSA) is 84.9 Å². The van der Waals surface area contributed by atoms with Crippen molar-refractivity contribution in [3.05, 3.63) is 54.1 Å². The first-order chi connectivity index (χ1) is 13.4. The number of rotatable bonds is 8. The molecule has 7 nitrogen and oxygen atoms in total. The zero-order valence-corrected chi connectivity index (χ0v) is 16.2. The lowest BCUT2D eigenvalue weighted by Crippen LogP contribution is -2.32. The fraction of sp³-hybridized carbons (Fsp3) is 0.286. The van der Waals surface area contributed by atoms with Crippen LogP contribution in [0, 0.1) is 0 Å². The molecule has 0 radical (unpaired) electrons. The highest BCUT2D eigenvalue weighted by atomic mass is 16.5. The van der Waals surface area contributed by atoms with E-state index in [4.69, 9.17) is 9.47 Å². The van der Waals surface area contributed by atoms with Crippen LogP contribution in [0.1, 0.15) is 30.6 Å². The van der Waals surface area contributed by atoms with Crippen LogP contribution in [-0.2, 0) is 14.3 Å². The van der Waals surface area contributed by atoms with E-state index in [9.17, 15) is 14.4 Å². The van der Waals surface area contributed by atoms with Gasteiger partial charge < -0.3 is 19.7 Å². The van der Waals surface area contributed by atoms with Crippen LogP contribution < -0.4 is 15.0 Å². The normalized spacial score (nSPS) is 10.1. The maximum Gasteiger partial charge on any atom is 0.337 e. The second-order valence-corrected chi connectivity index (χ2v) is 5.97. The van der Waals surface area contributed by atoms with Crippen molar-refractivity contribution in [2.75, 3.05) is 30.5 Å². The molecule has 0 fully saturated rings. The number of hydrogen-bond donors (Lipinski definition) is 1. The van der Waals surface area contributed by atoms with Crippen molar-refractivity contribution in [2.24, 2.45) is 0 Å². The van der Waals surface area contributed by atoms with Crippen LogP contribution in [0.2, 0.25) is 0 Å². The average molecular weight is 384 g/mol. The standard InChI is InChI=1S/C21H24N2O5/c1-4-28-19-10-8-17(9-11-19)22-20(25)12-13-23(15(2)24)18-7-5-6-16(14-18)21(26)27-3/h5-11,14H,4,12-13H2,1-3H3,(H,22,25). The van der Waals surface area contributed by atoms with E-state index < -0.39 is 5.97 Å². The number of nitrogens with one attached hydrogen (secondary N) is 1. The van der Waals surface area contributed by atoms with Gasteiger partial charge in [-0.25, -0.2) is 4.79 Å². The fourth-order valence-corrected chi connectivity index (χ4v) is 2.62. The molecule has 0 heterocycles. The Bertz CT molecular complexity index is 833. The maximum atomic E-state index is 12.2. The number of carbonyl (C=O) groups excluding carboxylic acids is 3. The maximum absolute atomic E-state index is 12.2. The minimum atomic E-state index is -0.487. The van der Waals surface area contributed by atoms with Gasteiger partial charge in [0.15, 0.2) is 0 Å². The van der Waals surface area contributed by atoms with Crippen LogP contribution >= 0.6 is 0 Å². The van der Waals surface area contributed by atoms with Crippen molar-refractivity contribution in [1.29, 1.82) is 0 Å². The molecule has 2 amide bonds. The molecule has 148 valence electrons. The van der Waals surface area contributed by atoms with Crippen LogP contribution in [0.25, 0.3) is 0 Å². The highest BCUT2D eigenvalue weighted by molar-refractivity contribution is 5.96. The summed E-state index contributed by atoms with van der Waals surface area (Å²) in [5, 5.41) is 2.79. The first-order valence-corrected chi connectivity index (χ1v) is 8.93. The van der Waals surface area contributed by atoms with Crippen molar-refractivity contribution in [2.45, 2.75) is 20.3 Å². The molecule has 0 unspecified atom stereocenters. The molecule has 0 bridgehead atoms. The molecular formula is C21H24N2O5. The summed E-state index contributed by atoms with van der Waals surface area (Å²) in [7, 11) is 1.29. The Kier molecular flexibility index (Phi) is 7.56. The number of amides is 2. The molecule has 1 N–H and O–H groups in total. The first kappa shape index (κ1) is 21.0. The smallest absolute Gasteiger partial charge is 0.337 e. The van der Waals surface area contributed by atoms with Gasteiger partial charge in [-0.1, -0.05) is 6.07 Å². The van der Waals surface area contributed by atoms with E-state index in [1.807, 2.05) is 6.92 Å². The summed E-state index contributed by atoms with van der Waals surface area (Å²) in [6, 6.07) is 13.6. The van der Waals surface area contributed by atoms with Gasteiger partial charge in [0.2, 0.25) is 11.8 Å². The van der Waals surface area contributed by atoms with E-state index in [2.05, 4.69) is 5.32 Å². The lowest BCUT2D eigenvalue weighted by Gasteiger charge is -2.21. The molecule has 0 aliphatic rings. The highest BCUT2D eigenvalue weighted by Crippen LogP contribution is 2.19. The number of nitrogens with zero attached hydrogens (tertiary/aromatic N) is 1. The van der Waals surface area contributed by atoms with E-state index >= 15 is 0 Å². The highest BCUT2D eigenvalue weighted by Gasteiger charge is 2.16. The van der Waals surface area contributed by atoms with Gasteiger partial charge in [0.05, 0.1) is 19.3 Å². The zero-order valence-electron chi connectivity index (χ0n) is 16.2. The second kappa shape index (κ2) is 10.1. The summed E-state index contributed by atoms with van der Waals surface area (Å²) in [6.45, 7) is 4.07. The molecule has 0 atom stereocenters. The van der Waals surface area contributed by atoms with Crippen molar-refractivity contribution in [1.82, 2.24) is 0 Å². The third-order valence-electron chi connectivity index (χ3n) is 3.97. The fourth-order valence-electron chi connectivity index (χ4n) is 2.62. The van der Waals surface area contributed by atoms with Crippen molar-refractivity contribution < 1.29 is 23.9 Å². The Labute approximate surface area is 164 Å². The van der Waals surface area contributed by atoms with E-state index in [0.717, 1.165) is 5.75 Å². The van der Waals surface area contributed by atoms with Crippen LogP contribution in [0.5, 0.6) is 5.75 Å². The molecule has 0 aliphatic heterocycles. The number of carbonyl (C=O) groups is 3. The number of esters is 1. The van der Waals surface area contributed by atoms with Gasteiger partial charge in [0.1, 0.15) is 5.75 Å². The average Bonchev–Trinajstić information content (AvgIpc) is 2.69. The number of benzene rings is 2. The molecule has 0 spiro atoms. The van der Waals surface area contributed by atoms with Gasteiger partial charge in [-0.05, 0) is 49.4 Å². The summed E-state index contributed by atoms with van der Waals surface area (Å²) in [5.74, 6) is -0.206. The van der Waals surface area contributed by atoms with Gasteiger partial charge in [-0.2, -0.15) is 0 Å². The predicted octanol–water partition coefficient (Wildman–Crippen LogP) is 3.25. The van der Waals surface area contributed by atoms with Crippen LogP contribution in [0.3, 0.4) is 0 Å². The Morgan fingerprint density at radius 1 is 1.07 bits per heavy atom. The Balaban J connectivity index is 2.00. The summed E-state index contributed by atoms with van der Waals surface area (Å²) >= 11 is 0. The van der Waals surface area contributed by atoms with Crippen LogP contribution in [-0.4, -0.2) is 38.0 Å². The van der Waals surface area contributed by atoms with Gasteiger partial charge in [-0.15, -0.1) is 0 Å². The van der Waals surface area contributed by atoms with E-state index in [1.165, 1.54) is 18.9 Å². The molecular weight excluding hydrogens is 360 g/mol. The zero-order chi connectivity index (χ0) is 20.5. The van der Waals surface area contributed by atoms with Gasteiger partial charge in [0.25, 0.3) is 0 Å². The molecule has 0 saturated carbocycles. The van der Waals surface area contributed by atoms with Gasteiger partial charge >= 0.3 is 5.97 Å². The van der Waals surface area contributed by atoms with Crippen LogP contribution in [0.4, 0.5) is 11.4 Å². The van der Waals surface area contributed by atoms with E-state index in [1.54, 1.807) is 48.5 Å². The lowest BCUT2D eigenvalue weighted by atomic mass is 10.1. The third kappa shape index (κ3) is 5.84. The van der Waals surface area contributed by atoms with Crippen molar-refractivity contribution in [3.8, 4) is 5.75 Å². The molecule has 28 heavy (non-hydrogen) atoms. The summed E-state index contributed by atoms with van der Waals surface area (Å²) < 4.78 is 10.1. The predicted molar refractivity (Wildman–Crippen MR) is 107 cm³/mol. The molecule has 0 saturated heterocycles. The molecule has 2 aromatic rings. The minimum absolute atomic E-state index is 0.106. The van der Waals surface area contributed by atoms with Crippen molar-refractivity contribution in [3.63, 3.8) is 0 Å². The SMILES string of the molecule is CCOc1ccc(NC(=O)CCN(C(C)=O)c2cccc(C(=O)OC)c2)cc1. The Morgan fingerprint density at radius 3 is 2.39 bits per heavy atom. The largest absolute Gasteiger partial charge is 0.494 e. The lowest BCUT2D eigenvalue weighted by molar-refractivity contribution is -0.117. The Hall–Kier alpha value is -3.35. The summed E-state index contributed by atoms with van der Waals surface area (Å²) in [5.41, 5.74) is 1.52. The second-order valence-electron chi connectivity index (χ2n) is 5.97. The molecule has 2 aromatic carbocycles. The monoisotopic (exact) mass is 384 g/mol. The quantitative estimate of drug-likeness (QED) is 0.706. The van der Waals surface area contributed by atoms with Gasteiger partial charge in [0, 0.05) is 31.3 Å². The minimum Gasteiger partial charge on any atom is -0.494 e. The Morgan fingerprint density at radius 2 is 1.79 bits per heavy atom. The van der Waals surface area contributed by atoms with E-state index in [-0.39, 0.29) is 24.8 Å². The first-order valence-electron chi connectivity index (χ1n) is 8.93. The number of methoxy groups -OCH3 is 1. The van der Waals surface area contributed by atoms with Crippen molar-refractivity contribution >= 4 is 29.2 Å². The number of hydrogen-bond acceptors (Lipinski definition) is 5. The number of anilines is 2. The van der Waals surface area contributed by atoms with E-state index in [0.29, 0.717) is 23.5 Å². The number of ether oxygens (including phenoxy) is 2. The molecule has 0 aromatic heterocycles. The molecule has 2 rings (SSSR count). The summed E-state index contributed by atoms with van der Waals surface area (Å²) in [6.07, 6.45) is 0.106. The van der Waals surface area contributed by atoms with Crippen LogP contribution in [0.15, 0.2) is 48.5 Å².